The Balaban J connectivity index is 2.82. The van der Waals surface area contributed by atoms with E-state index in [0.717, 1.165) is 17.7 Å². The summed E-state index contributed by atoms with van der Waals surface area (Å²) >= 11 is 0. The lowest BCUT2D eigenvalue weighted by Crippen LogP contribution is -2.14. The van der Waals surface area contributed by atoms with Crippen molar-refractivity contribution in [1.29, 1.82) is 0 Å². The van der Waals surface area contributed by atoms with Crippen LogP contribution in [0.5, 0.6) is 5.75 Å². The van der Waals surface area contributed by atoms with E-state index < -0.39 is 0 Å². The van der Waals surface area contributed by atoms with Crippen LogP contribution in [0, 0.1) is 6.92 Å². The molecule has 0 amide bonds. The van der Waals surface area contributed by atoms with Crippen LogP contribution in [0.15, 0.2) is 12.1 Å². The highest BCUT2D eigenvalue weighted by Gasteiger charge is 2.21. The summed E-state index contributed by atoms with van der Waals surface area (Å²) in [6, 6.07) is 4.28. The van der Waals surface area contributed by atoms with Crippen molar-refractivity contribution in [3.63, 3.8) is 0 Å². The second-order valence-electron chi connectivity index (χ2n) is 6.55. The minimum absolute atomic E-state index is 0.00612. The zero-order valence-electron chi connectivity index (χ0n) is 14.4. The molecule has 0 aliphatic heterocycles. The topological polar surface area (TPSA) is 55.8 Å². The second kappa shape index (κ2) is 8.18. The number of hydrogen-bond donors (Lipinski definition) is 1. The molecular formula is C18H28O4. The Morgan fingerprint density at radius 3 is 2.50 bits per heavy atom. The maximum Gasteiger partial charge on any atom is 0.305 e. The van der Waals surface area contributed by atoms with Crippen LogP contribution in [-0.2, 0) is 21.4 Å². The smallest absolute Gasteiger partial charge is 0.305 e. The van der Waals surface area contributed by atoms with E-state index in [1.807, 2.05) is 0 Å². The number of carbonyl (C=O) groups excluding carboxylic acids is 1. The summed E-state index contributed by atoms with van der Waals surface area (Å²) in [5, 5.41) is 8.63. The second-order valence-corrected chi connectivity index (χ2v) is 6.55. The highest BCUT2D eigenvalue weighted by Crippen LogP contribution is 2.35. The fourth-order valence-corrected chi connectivity index (χ4v) is 2.49. The molecule has 4 nitrogen and oxygen atoms in total. The summed E-state index contributed by atoms with van der Waals surface area (Å²) in [7, 11) is 1.69. The summed E-state index contributed by atoms with van der Waals surface area (Å²) in [6.45, 7) is 8.52. The number of benzene rings is 1. The lowest BCUT2D eigenvalue weighted by Gasteiger charge is -2.25. The van der Waals surface area contributed by atoms with Crippen LogP contribution in [0.25, 0.3) is 0 Å². The molecule has 0 unspecified atom stereocenters. The molecule has 0 fully saturated rings. The van der Waals surface area contributed by atoms with Gasteiger partial charge >= 0.3 is 5.97 Å². The van der Waals surface area contributed by atoms with Gasteiger partial charge in [-0.15, -0.1) is 0 Å². The molecule has 0 heterocycles. The minimum Gasteiger partial charge on any atom is -0.496 e. The Bertz CT molecular complexity index is 501. The summed E-state index contributed by atoms with van der Waals surface area (Å²) in [5.41, 5.74) is 3.52. The fourth-order valence-electron chi connectivity index (χ4n) is 2.49. The third kappa shape index (κ3) is 5.34. The first-order chi connectivity index (χ1) is 10.3. The molecule has 4 heteroatoms. The van der Waals surface area contributed by atoms with E-state index in [2.05, 4.69) is 39.8 Å². The Hall–Kier alpha value is -1.55. The SMILES string of the molecule is COc1c(CCCC(=O)OCCO)cc(C)cc1C(C)(C)C. The molecule has 0 aliphatic rings. The summed E-state index contributed by atoms with van der Waals surface area (Å²) in [5.74, 6) is 0.651. The maximum absolute atomic E-state index is 11.5. The number of hydrogen-bond acceptors (Lipinski definition) is 4. The molecule has 0 saturated heterocycles. The zero-order valence-corrected chi connectivity index (χ0v) is 14.4. The number of ether oxygens (including phenoxy) is 2. The largest absolute Gasteiger partial charge is 0.496 e. The van der Waals surface area contributed by atoms with Crippen LogP contribution in [-0.4, -0.2) is 31.4 Å². The van der Waals surface area contributed by atoms with Crippen molar-refractivity contribution in [1.82, 2.24) is 0 Å². The molecule has 1 rings (SSSR count). The van der Waals surface area contributed by atoms with E-state index in [4.69, 9.17) is 14.6 Å². The quantitative estimate of drug-likeness (QED) is 0.786. The summed E-state index contributed by atoms with van der Waals surface area (Å²) in [4.78, 5) is 11.5. The molecule has 1 N–H and O–H groups in total. The normalized spacial score (nSPS) is 11.4. The standard InChI is InChI=1S/C18H28O4/c1-13-11-14(7-6-8-16(20)22-10-9-19)17(21-5)15(12-13)18(2,3)4/h11-12,19H,6-10H2,1-5H3. The highest BCUT2D eigenvalue weighted by molar-refractivity contribution is 5.69. The Kier molecular flexibility index (Phi) is 6.88. The molecule has 0 spiro atoms. The van der Waals surface area contributed by atoms with Crippen LogP contribution in [0.4, 0.5) is 0 Å². The van der Waals surface area contributed by atoms with Gasteiger partial charge in [0, 0.05) is 12.0 Å². The van der Waals surface area contributed by atoms with Crippen molar-refractivity contribution in [2.24, 2.45) is 0 Å². The average Bonchev–Trinajstić information content (AvgIpc) is 2.43. The maximum atomic E-state index is 11.5. The molecule has 1 aromatic rings. The summed E-state index contributed by atoms with van der Waals surface area (Å²) in [6.07, 6.45) is 1.82. The van der Waals surface area contributed by atoms with Crippen LogP contribution in [0.3, 0.4) is 0 Å². The molecule has 0 bridgehead atoms. The van der Waals surface area contributed by atoms with Gasteiger partial charge in [0.2, 0.25) is 0 Å². The molecule has 1 aromatic carbocycles. The van der Waals surface area contributed by atoms with Crippen molar-refractivity contribution in [2.45, 2.75) is 52.4 Å². The molecule has 22 heavy (non-hydrogen) atoms. The third-order valence-electron chi connectivity index (χ3n) is 3.50. The fraction of sp³-hybridized carbons (Fsp3) is 0.611. The van der Waals surface area contributed by atoms with Crippen molar-refractivity contribution in [2.75, 3.05) is 20.3 Å². The van der Waals surface area contributed by atoms with Gasteiger partial charge in [-0.25, -0.2) is 0 Å². The third-order valence-corrected chi connectivity index (χ3v) is 3.50. The Morgan fingerprint density at radius 2 is 1.95 bits per heavy atom. The monoisotopic (exact) mass is 308 g/mol. The molecular weight excluding hydrogens is 280 g/mol. The van der Waals surface area contributed by atoms with Gasteiger partial charge in [-0.3, -0.25) is 4.79 Å². The van der Waals surface area contributed by atoms with E-state index in [9.17, 15) is 4.79 Å². The highest BCUT2D eigenvalue weighted by atomic mass is 16.5. The number of aliphatic hydroxyl groups excluding tert-OH is 1. The lowest BCUT2D eigenvalue weighted by atomic mass is 9.83. The van der Waals surface area contributed by atoms with E-state index in [1.165, 1.54) is 11.1 Å². The van der Waals surface area contributed by atoms with E-state index in [-0.39, 0.29) is 24.6 Å². The number of aliphatic hydroxyl groups is 1. The van der Waals surface area contributed by atoms with Crippen LogP contribution in [0.2, 0.25) is 0 Å². The van der Waals surface area contributed by atoms with Crippen molar-refractivity contribution < 1.29 is 19.4 Å². The van der Waals surface area contributed by atoms with Gasteiger partial charge in [-0.2, -0.15) is 0 Å². The van der Waals surface area contributed by atoms with Gasteiger partial charge in [-0.05, 0) is 30.7 Å². The number of methoxy groups -OCH3 is 1. The van der Waals surface area contributed by atoms with Gasteiger partial charge in [0.05, 0.1) is 13.7 Å². The minimum atomic E-state index is -0.267. The first kappa shape index (κ1) is 18.5. The van der Waals surface area contributed by atoms with Gasteiger partial charge in [0.25, 0.3) is 0 Å². The van der Waals surface area contributed by atoms with Gasteiger partial charge in [0.1, 0.15) is 12.4 Å². The van der Waals surface area contributed by atoms with Crippen LogP contribution < -0.4 is 4.74 Å². The number of carbonyl (C=O) groups is 1. The molecule has 0 radical (unpaired) electrons. The van der Waals surface area contributed by atoms with E-state index >= 15 is 0 Å². The number of esters is 1. The predicted octanol–water partition coefficient (Wildman–Crippen LogP) is 3.16. The first-order valence-electron chi connectivity index (χ1n) is 7.74. The lowest BCUT2D eigenvalue weighted by molar-refractivity contribution is -0.144. The van der Waals surface area contributed by atoms with Crippen LogP contribution in [0.1, 0.15) is 50.3 Å². The average molecular weight is 308 g/mol. The van der Waals surface area contributed by atoms with E-state index in [1.54, 1.807) is 7.11 Å². The van der Waals surface area contributed by atoms with Gasteiger partial charge < -0.3 is 14.6 Å². The Labute approximate surface area is 133 Å². The number of rotatable bonds is 7. The van der Waals surface area contributed by atoms with Crippen molar-refractivity contribution in [3.05, 3.63) is 28.8 Å². The molecule has 0 aliphatic carbocycles. The van der Waals surface area contributed by atoms with Crippen molar-refractivity contribution in [3.8, 4) is 5.75 Å². The van der Waals surface area contributed by atoms with Crippen LogP contribution >= 0.6 is 0 Å². The van der Waals surface area contributed by atoms with Gasteiger partial charge in [-0.1, -0.05) is 38.5 Å². The van der Waals surface area contributed by atoms with E-state index in [0.29, 0.717) is 12.8 Å². The number of aryl methyl sites for hydroxylation is 2. The first-order valence-corrected chi connectivity index (χ1v) is 7.74. The van der Waals surface area contributed by atoms with Gasteiger partial charge in [0.15, 0.2) is 0 Å². The molecule has 124 valence electrons. The predicted molar refractivity (Wildman–Crippen MR) is 87.4 cm³/mol. The van der Waals surface area contributed by atoms with Crippen molar-refractivity contribution >= 4 is 5.97 Å². The molecule has 0 atom stereocenters. The molecule has 0 aromatic heterocycles. The Morgan fingerprint density at radius 1 is 1.27 bits per heavy atom. The summed E-state index contributed by atoms with van der Waals surface area (Å²) < 4.78 is 10.5. The molecule has 0 saturated carbocycles. The zero-order chi connectivity index (χ0) is 16.8.